The van der Waals surface area contributed by atoms with Crippen LogP contribution in [0.1, 0.15) is 12.0 Å². The number of aliphatic carboxylic acids is 1. The van der Waals surface area contributed by atoms with Crippen LogP contribution >= 0.6 is 0 Å². The zero-order valence-corrected chi connectivity index (χ0v) is 9.78. The van der Waals surface area contributed by atoms with Crippen molar-refractivity contribution < 1.29 is 15.0 Å². The summed E-state index contributed by atoms with van der Waals surface area (Å²) in [5.74, 6) is -0.854. The van der Waals surface area contributed by atoms with Crippen LogP contribution in [-0.4, -0.2) is 56.1 Å². The number of carboxylic acids is 1. The first-order valence-corrected chi connectivity index (χ1v) is 5.68. The first-order valence-electron chi connectivity index (χ1n) is 5.68. The van der Waals surface area contributed by atoms with Crippen LogP contribution in [0, 0.1) is 0 Å². The molecule has 94 valence electrons. The van der Waals surface area contributed by atoms with E-state index < -0.39 is 18.1 Å². The molecule has 6 heteroatoms. The fourth-order valence-corrected chi connectivity index (χ4v) is 2.26. The van der Waals surface area contributed by atoms with Gasteiger partial charge >= 0.3 is 5.97 Å². The number of aromatic nitrogens is 2. The van der Waals surface area contributed by atoms with Crippen molar-refractivity contribution in [2.75, 3.05) is 13.1 Å². The lowest BCUT2D eigenvalue weighted by Gasteiger charge is -2.19. The summed E-state index contributed by atoms with van der Waals surface area (Å²) in [6.45, 7) is 1.08. The highest BCUT2D eigenvalue weighted by atomic mass is 16.4. The molecule has 2 atom stereocenters. The molecule has 2 rings (SSSR count). The SMILES string of the molecule is Cn1cc(CCN2CC(O)CC2C(=O)O)cn1. The van der Waals surface area contributed by atoms with E-state index in [4.69, 9.17) is 5.11 Å². The lowest BCUT2D eigenvalue weighted by atomic mass is 10.2. The summed E-state index contributed by atoms with van der Waals surface area (Å²) in [6.07, 6.45) is 4.25. The molecule has 1 aliphatic heterocycles. The molecule has 0 aromatic carbocycles. The normalized spacial score (nSPS) is 25.3. The summed E-state index contributed by atoms with van der Waals surface area (Å²) in [5, 5.41) is 22.6. The summed E-state index contributed by atoms with van der Waals surface area (Å²) in [4.78, 5) is 12.8. The van der Waals surface area contributed by atoms with Crippen LogP contribution in [0.4, 0.5) is 0 Å². The zero-order valence-electron chi connectivity index (χ0n) is 9.78. The average Bonchev–Trinajstić information content (AvgIpc) is 2.82. The molecule has 2 unspecified atom stereocenters. The van der Waals surface area contributed by atoms with Crippen molar-refractivity contribution in [1.82, 2.24) is 14.7 Å². The van der Waals surface area contributed by atoms with Gasteiger partial charge in [-0.15, -0.1) is 0 Å². The predicted molar refractivity (Wildman–Crippen MR) is 60.5 cm³/mol. The molecule has 0 radical (unpaired) electrons. The summed E-state index contributed by atoms with van der Waals surface area (Å²) in [5.41, 5.74) is 1.08. The predicted octanol–water partition coefficient (Wildman–Crippen LogP) is -0.518. The number of aryl methyl sites for hydroxylation is 1. The van der Waals surface area contributed by atoms with Gasteiger partial charge in [-0.25, -0.2) is 0 Å². The summed E-state index contributed by atoms with van der Waals surface area (Å²) in [6, 6.07) is -0.554. The molecule has 17 heavy (non-hydrogen) atoms. The van der Waals surface area contributed by atoms with Gasteiger partial charge in [-0.05, 0) is 12.0 Å². The quantitative estimate of drug-likeness (QED) is 0.739. The average molecular weight is 239 g/mol. The lowest BCUT2D eigenvalue weighted by molar-refractivity contribution is -0.142. The Bertz CT molecular complexity index is 404. The van der Waals surface area contributed by atoms with Gasteiger partial charge in [0, 0.05) is 32.8 Å². The molecule has 0 saturated carbocycles. The zero-order chi connectivity index (χ0) is 12.4. The molecule has 0 amide bonds. The van der Waals surface area contributed by atoms with Gasteiger partial charge in [-0.2, -0.15) is 5.10 Å². The van der Waals surface area contributed by atoms with E-state index in [1.165, 1.54) is 0 Å². The number of likely N-dealkylation sites (tertiary alicyclic amines) is 1. The molecule has 1 aromatic heterocycles. The molecule has 0 bridgehead atoms. The molecule has 0 spiro atoms. The molecule has 1 saturated heterocycles. The summed E-state index contributed by atoms with van der Waals surface area (Å²) in [7, 11) is 1.85. The van der Waals surface area contributed by atoms with E-state index in [2.05, 4.69) is 5.10 Å². The fourth-order valence-electron chi connectivity index (χ4n) is 2.26. The first-order chi connectivity index (χ1) is 8.06. The van der Waals surface area contributed by atoms with Crippen molar-refractivity contribution in [3.63, 3.8) is 0 Å². The maximum absolute atomic E-state index is 11.0. The monoisotopic (exact) mass is 239 g/mol. The van der Waals surface area contributed by atoms with Crippen molar-refractivity contribution in [3.8, 4) is 0 Å². The van der Waals surface area contributed by atoms with Gasteiger partial charge < -0.3 is 10.2 Å². The van der Waals surface area contributed by atoms with Gasteiger partial charge in [-0.3, -0.25) is 14.4 Å². The number of nitrogens with zero attached hydrogens (tertiary/aromatic N) is 3. The van der Waals surface area contributed by atoms with Gasteiger partial charge in [0.2, 0.25) is 0 Å². The van der Waals surface area contributed by atoms with Crippen LogP contribution in [0.2, 0.25) is 0 Å². The molecule has 1 aliphatic rings. The molecule has 1 fully saturated rings. The first kappa shape index (κ1) is 12.1. The van der Waals surface area contributed by atoms with Crippen molar-refractivity contribution in [2.24, 2.45) is 7.05 Å². The second kappa shape index (κ2) is 4.85. The number of aliphatic hydroxyl groups excluding tert-OH is 1. The molecule has 1 aromatic rings. The van der Waals surface area contributed by atoms with Crippen LogP contribution in [0.25, 0.3) is 0 Å². The number of hydrogen-bond acceptors (Lipinski definition) is 4. The number of hydrogen-bond donors (Lipinski definition) is 2. The minimum absolute atomic E-state index is 0.322. The van der Waals surface area contributed by atoms with Crippen molar-refractivity contribution in [3.05, 3.63) is 18.0 Å². The Hall–Kier alpha value is -1.40. The standard InChI is InChI=1S/C11H17N3O3/c1-13-6-8(5-12-13)2-3-14-7-9(15)4-10(14)11(16)17/h5-6,9-10,15H,2-4,7H2,1H3,(H,16,17). The van der Waals surface area contributed by atoms with Gasteiger partial charge in [0.15, 0.2) is 0 Å². The van der Waals surface area contributed by atoms with Crippen molar-refractivity contribution >= 4 is 5.97 Å². The molecule has 6 nitrogen and oxygen atoms in total. The number of β-amino-alcohol motifs (C(OH)–C–C–N with tert-alkyl or cyclic N) is 1. The highest BCUT2D eigenvalue weighted by Gasteiger charge is 2.35. The lowest BCUT2D eigenvalue weighted by Crippen LogP contribution is -2.37. The van der Waals surface area contributed by atoms with E-state index in [1.807, 2.05) is 18.1 Å². The van der Waals surface area contributed by atoms with Gasteiger partial charge in [0.05, 0.1) is 12.3 Å². The number of carbonyl (C=O) groups is 1. The van der Waals surface area contributed by atoms with E-state index in [-0.39, 0.29) is 0 Å². The Morgan fingerprint density at radius 1 is 1.65 bits per heavy atom. The topological polar surface area (TPSA) is 78.6 Å². The molecule has 2 heterocycles. The van der Waals surface area contributed by atoms with E-state index in [0.29, 0.717) is 19.5 Å². The number of carboxylic acid groups (broad SMARTS) is 1. The Balaban J connectivity index is 1.91. The molecular weight excluding hydrogens is 222 g/mol. The van der Waals surface area contributed by atoms with Crippen LogP contribution in [0.3, 0.4) is 0 Å². The van der Waals surface area contributed by atoms with Gasteiger partial charge in [0.25, 0.3) is 0 Å². The van der Waals surface area contributed by atoms with E-state index in [0.717, 1.165) is 12.0 Å². The second-order valence-electron chi connectivity index (χ2n) is 4.51. The van der Waals surface area contributed by atoms with Crippen molar-refractivity contribution in [2.45, 2.75) is 25.0 Å². The third kappa shape index (κ3) is 2.83. The maximum atomic E-state index is 11.0. The third-order valence-corrected chi connectivity index (χ3v) is 3.11. The highest BCUT2D eigenvalue weighted by molar-refractivity contribution is 5.74. The Morgan fingerprint density at radius 3 is 3.00 bits per heavy atom. The van der Waals surface area contributed by atoms with Crippen LogP contribution in [0.5, 0.6) is 0 Å². The van der Waals surface area contributed by atoms with E-state index >= 15 is 0 Å². The van der Waals surface area contributed by atoms with E-state index in [1.54, 1.807) is 10.9 Å². The Morgan fingerprint density at radius 2 is 2.41 bits per heavy atom. The van der Waals surface area contributed by atoms with Gasteiger partial charge in [0.1, 0.15) is 6.04 Å². The molecule has 0 aliphatic carbocycles. The van der Waals surface area contributed by atoms with Crippen LogP contribution in [0.15, 0.2) is 12.4 Å². The number of rotatable bonds is 4. The van der Waals surface area contributed by atoms with Crippen LogP contribution in [-0.2, 0) is 18.3 Å². The largest absolute Gasteiger partial charge is 0.480 e. The smallest absolute Gasteiger partial charge is 0.321 e. The maximum Gasteiger partial charge on any atom is 0.321 e. The third-order valence-electron chi connectivity index (χ3n) is 3.11. The fraction of sp³-hybridized carbons (Fsp3) is 0.636. The minimum atomic E-state index is -0.854. The van der Waals surface area contributed by atoms with E-state index in [9.17, 15) is 9.90 Å². The van der Waals surface area contributed by atoms with Crippen LogP contribution < -0.4 is 0 Å². The second-order valence-corrected chi connectivity index (χ2v) is 4.51. The Labute approximate surface area is 99.5 Å². The van der Waals surface area contributed by atoms with Gasteiger partial charge in [-0.1, -0.05) is 0 Å². The Kier molecular flexibility index (Phi) is 3.44. The summed E-state index contributed by atoms with van der Waals surface area (Å²) >= 11 is 0. The number of aliphatic hydroxyl groups is 1. The summed E-state index contributed by atoms with van der Waals surface area (Å²) < 4.78 is 1.73. The minimum Gasteiger partial charge on any atom is -0.480 e. The molecule has 2 N–H and O–H groups in total. The molecular formula is C11H17N3O3. The highest BCUT2D eigenvalue weighted by Crippen LogP contribution is 2.18. The van der Waals surface area contributed by atoms with Crippen molar-refractivity contribution in [1.29, 1.82) is 0 Å².